The zero-order valence-corrected chi connectivity index (χ0v) is 14.7. The number of nitrogens with one attached hydrogen (secondary N) is 1. The standard InChI is InChI=1S/C13H20ClF3N2O4S/c1-7(2)24(22,23)6-8-5-9(18-11(14)13(15,16)17)3-4-10(8)19-12(20)21/h7-10,19H,3-6H2,1-2H3,(H,20,21)/b18-11-/t8-,9+,10-/m0/s1. The van der Waals surface area contributed by atoms with E-state index in [1.165, 1.54) is 13.8 Å². The van der Waals surface area contributed by atoms with Crippen molar-refractivity contribution >= 4 is 32.7 Å². The third-order valence-electron chi connectivity index (χ3n) is 3.96. The number of rotatable bonds is 5. The van der Waals surface area contributed by atoms with E-state index in [2.05, 4.69) is 10.3 Å². The lowest BCUT2D eigenvalue weighted by molar-refractivity contribution is -0.0563. The average molecular weight is 393 g/mol. The lowest BCUT2D eigenvalue weighted by Crippen LogP contribution is -2.47. The maximum atomic E-state index is 12.5. The monoisotopic (exact) mass is 392 g/mol. The molecule has 1 amide bonds. The molecule has 24 heavy (non-hydrogen) atoms. The lowest BCUT2D eigenvalue weighted by Gasteiger charge is -2.34. The van der Waals surface area contributed by atoms with Gasteiger partial charge in [-0.05, 0) is 39.0 Å². The normalized spacial score (nSPS) is 26.5. The largest absolute Gasteiger partial charge is 0.465 e. The number of amides is 1. The van der Waals surface area contributed by atoms with Gasteiger partial charge in [0.1, 0.15) is 0 Å². The van der Waals surface area contributed by atoms with Gasteiger partial charge in [0.15, 0.2) is 9.84 Å². The van der Waals surface area contributed by atoms with Crippen molar-refractivity contribution in [2.45, 2.75) is 56.6 Å². The molecule has 3 atom stereocenters. The van der Waals surface area contributed by atoms with Crippen LogP contribution in [0.5, 0.6) is 0 Å². The molecule has 0 bridgehead atoms. The molecule has 1 fully saturated rings. The first-order valence-electron chi connectivity index (χ1n) is 7.34. The number of sulfone groups is 1. The van der Waals surface area contributed by atoms with E-state index >= 15 is 0 Å². The predicted octanol–water partition coefficient (Wildman–Crippen LogP) is 2.81. The van der Waals surface area contributed by atoms with Gasteiger partial charge in [-0.2, -0.15) is 13.2 Å². The van der Waals surface area contributed by atoms with E-state index in [9.17, 15) is 26.4 Å². The number of carboxylic acid groups (broad SMARTS) is 1. The highest BCUT2D eigenvalue weighted by Gasteiger charge is 2.38. The minimum Gasteiger partial charge on any atom is -0.465 e. The summed E-state index contributed by atoms with van der Waals surface area (Å²) in [6.07, 6.45) is -5.65. The van der Waals surface area contributed by atoms with Crippen molar-refractivity contribution in [3.8, 4) is 0 Å². The number of nitrogens with zero attached hydrogens (tertiary/aromatic N) is 1. The van der Waals surface area contributed by atoms with E-state index in [0.717, 1.165) is 0 Å². The summed E-state index contributed by atoms with van der Waals surface area (Å²) in [7, 11) is -3.48. The summed E-state index contributed by atoms with van der Waals surface area (Å²) in [6, 6.07) is -1.44. The van der Waals surface area contributed by atoms with Crippen LogP contribution in [0.3, 0.4) is 0 Å². The van der Waals surface area contributed by atoms with E-state index in [0.29, 0.717) is 0 Å². The number of aliphatic imine (C=N–C) groups is 1. The Kier molecular flexibility index (Phi) is 6.92. The van der Waals surface area contributed by atoms with Crippen molar-refractivity contribution in [2.24, 2.45) is 10.9 Å². The first kappa shape index (κ1) is 21.0. The van der Waals surface area contributed by atoms with Gasteiger partial charge in [-0.1, -0.05) is 11.6 Å². The molecule has 1 aliphatic carbocycles. The predicted molar refractivity (Wildman–Crippen MR) is 84.3 cm³/mol. The summed E-state index contributed by atoms with van der Waals surface area (Å²) in [5.74, 6) is -0.973. The maximum Gasteiger partial charge on any atom is 0.444 e. The fourth-order valence-corrected chi connectivity index (χ4v) is 4.10. The molecule has 0 unspecified atom stereocenters. The SMILES string of the molecule is CC(C)S(=O)(=O)C[C@@H]1C[C@H](/N=C(\Cl)C(F)(F)F)CC[C@@H]1NC(=O)O. The topological polar surface area (TPSA) is 95.8 Å². The Balaban J connectivity index is 2.96. The zero-order valence-electron chi connectivity index (χ0n) is 13.2. The minimum atomic E-state index is -4.75. The van der Waals surface area contributed by atoms with Crippen molar-refractivity contribution in [2.75, 3.05) is 5.75 Å². The van der Waals surface area contributed by atoms with Gasteiger partial charge in [0.2, 0.25) is 5.17 Å². The summed E-state index contributed by atoms with van der Waals surface area (Å²) in [4.78, 5) is 14.3. The Morgan fingerprint density at radius 1 is 1.38 bits per heavy atom. The molecule has 1 rings (SSSR count). The number of carbonyl (C=O) groups is 1. The third kappa shape index (κ3) is 6.12. The molecule has 0 saturated heterocycles. The van der Waals surface area contributed by atoms with E-state index < -0.39 is 50.5 Å². The summed E-state index contributed by atoms with van der Waals surface area (Å²) < 4.78 is 61.6. The molecular weight excluding hydrogens is 373 g/mol. The van der Waals surface area contributed by atoms with Crippen molar-refractivity contribution in [3.05, 3.63) is 0 Å². The lowest BCUT2D eigenvalue weighted by atomic mass is 9.83. The molecule has 140 valence electrons. The van der Waals surface area contributed by atoms with Crippen molar-refractivity contribution < 1.29 is 31.5 Å². The Labute approximate surface area is 143 Å². The van der Waals surface area contributed by atoms with Crippen LogP contribution in [-0.2, 0) is 9.84 Å². The van der Waals surface area contributed by atoms with Crippen LogP contribution < -0.4 is 5.32 Å². The Morgan fingerprint density at radius 3 is 2.42 bits per heavy atom. The van der Waals surface area contributed by atoms with E-state index in [4.69, 9.17) is 16.7 Å². The van der Waals surface area contributed by atoms with Crippen LogP contribution in [0.1, 0.15) is 33.1 Å². The second-order valence-electron chi connectivity index (χ2n) is 6.08. The van der Waals surface area contributed by atoms with Crippen LogP contribution in [-0.4, -0.2) is 54.1 Å². The van der Waals surface area contributed by atoms with Crippen LogP contribution in [0, 0.1) is 5.92 Å². The first-order chi connectivity index (χ1) is 10.8. The van der Waals surface area contributed by atoms with Gasteiger partial charge in [-0.3, -0.25) is 4.99 Å². The van der Waals surface area contributed by atoms with E-state index in [1.807, 2.05) is 0 Å². The molecule has 11 heteroatoms. The molecular formula is C13H20ClF3N2O4S. The van der Waals surface area contributed by atoms with Crippen LogP contribution in [0.2, 0.25) is 0 Å². The second kappa shape index (κ2) is 7.90. The molecule has 0 aromatic rings. The Bertz CT molecular complexity index is 593. The summed E-state index contributed by atoms with van der Waals surface area (Å²) >= 11 is 5.14. The van der Waals surface area contributed by atoms with Crippen molar-refractivity contribution in [1.82, 2.24) is 5.32 Å². The summed E-state index contributed by atoms with van der Waals surface area (Å²) in [5, 5.41) is 8.95. The van der Waals surface area contributed by atoms with Gasteiger partial charge in [0.05, 0.1) is 17.0 Å². The van der Waals surface area contributed by atoms with Crippen LogP contribution in [0.4, 0.5) is 18.0 Å². The summed E-state index contributed by atoms with van der Waals surface area (Å²) in [5.41, 5.74) is 0. The summed E-state index contributed by atoms with van der Waals surface area (Å²) in [6.45, 7) is 2.99. The van der Waals surface area contributed by atoms with Gasteiger partial charge in [0.25, 0.3) is 0 Å². The highest BCUT2D eigenvalue weighted by atomic mass is 35.5. The highest BCUT2D eigenvalue weighted by Crippen LogP contribution is 2.31. The molecule has 0 aromatic heterocycles. The second-order valence-corrected chi connectivity index (χ2v) is 9.04. The molecule has 1 saturated carbocycles. The first-order valence-corrected chi connectivity index (χ1v) is 9.43. The molecule has 0 radical (unpaired) electrons. The van der Waals surface area contributed by atoms with Gasteiger partial charge < -0.3 is 10.4 Å². The maximum absolute atomic E-state index is 12.5. The Hall–Kier alpha value is -1.03. The van der Waals surface area contributed by atoms with Gasteiger partial charge in [-0.25, -0.2) is 13.2 Å². The fraction of sp³-hybridized carbons (Fsp3) is 0.846. The third-order valence-corrected chi connectivity index (χ3v) is 6.60. The Morgan fingerprint density at radius 2 is 1.96 bits per heavy atom. The molecule has 0 heterocycles. The van der Waals surface area contributed by atoms with Gasteiger partial charge in [-0.15, -0.1) is 0 Å². The van der Waals surface area contributed by atoms with E-state index in [1.54, 1.807) is 0 Å². The van der Waals surface area contributed by atoms with Gasteiger partial charge >= 0.3 is 12.3 Å². The quantitative estimate of drug-likeness (QED) is 0.703. The van der Waals surface area contributed by atoms with Crippen LogP contribution in [0.25, 0.3) is 0 Å². The average Bonchev–Trinajstić information content (AvgIpc) is 2.39. The molecule has 2 N–H and O–H groups in total. The van der Waals surface area contributed by atoms with Crippen LogP contribution >= 0.6 is 11.6 Å². The molecule has 0 aromatic carbocycles. The number of alkyl halides is 3. The van der Waals surface area contributed by atoms with Crippen LogP contribution in [0.15, 0.2) is 4.99 Å². The van der Waals surface area contributed by atoms with E-state index in [-0.39, 0.29) is 25.0 Å². The molecule has 0 aliphatic heterocycles. The molecule has 0 spiro atoms. The molecule has 1 aliphatic rings. The van der Waals surface area contributed by atoms with Gasteiger partial charge in [0, 0.05) is 6.04 Å². The van der Waals surface area contributed by atoms with Crippen molar-refractivity contribution in [1.29, 1.82) is 0 Å². The molecule has 6 nitrogen and oxygen atoms in total. The number of hydrogen-bond acceptors (Lipinski definition) is 4. The minimum absolute atomic E-state index is 0.0171. The smallest absolute Gasteiger partial charge is 0.444 e. The number of halogens is 4. The zero-order chi connectivity index (χ0) is 18.7. The number of hydrogen-bond donors (Lipinski definition) is 2. The van der Waals surface area contributed by atoms with Crippen molar-refractivity contribution in [3.63, 3.8) is 0 Å². The fourth-order valence-electron chi connectivity index (χ4n) is 2.61. The highest BCUT2D eigenvalue weighted by molar-refractivity contribution is 7.91.